The van der Waals surface area contributed by atoms with Crippen LogP contribution in [-0.4, -0.2) is 0 Å². The molecule has 0 bridgehead atoms. The second kappa shape index (κ2) is 7.80. The van der Waals surface area contributed by atoms with Crippen molar-refractivity contribution in [3.63, 3.8) is 0 Å². The molecule has 2 saturated carbocycles. The fraction of sp³-hybridized carbons (Fsp3) is 0.636. The summed E-state index contributed by atoms with van der Waals surface area (Å²) in [5.74, 6) is 1.32. The molecule has 0 amide bonds. The topological polar surface area (TPSA) is 0 Å². The summed E-state index contributed by atoms with van der Waals surface area (Å²) < 4.78 is 28.5. The zero-order valence-corrected chi connectivity index (χ0v) is 14.9. The second-order valence-corrected chi connectivity index (χ2v) is 7.82. The van der Waals surface area contributed by atoms with E-state index in [1.165, 1.54) is 38.5 Å². The van der Waals surface area contributed by atoms with Crippen molar-refractivity contribution in [2.45, 2.75) is 70.6 Å². The SMILES string of the molecule is C=CC1CCC(C2CCC(c3ccc(CC)c(F)c3F)CC2)CC1. The van der Waals surface area contributed by atoms with Gasteiger partial charge in [0.2, 0.25) is 0 Å². The van der Waals surface area contributed by atoms with Crippen molar-refractivity contribution in [2.75, 3.05) is 0 Å². The molecule has 3 rings (SSSR count). The maximum atomic E-state index is 14.4. The molecule has 0 unspecified atom stereocenters. The van der Waals surface area contributed by atoms with Crippen LogP contribution in [0.3, 0.4) is 0 Å². The highest BCUT2D eigenvalue weighted by atomic mass is 19.2. The average molecular weight is 332 g/mol. The maximum absolute atomic E-state index is 14.4. The number of hydrogen-bond donors (Lipinski definition) is 0. The number of hydrogen-bond acceptors (Lipinski definition) is 0. The summed E-state index contributed by atoms with van der Waals surface area (Å²) in [5.41, 5.74) is 1.10. The lowest BCUT2D eigenvalue weighted by Gasteiger charge is -2.37. The smallest absolute Gasteiger partial charge is 0.162 e. The Kier molecular flexibility index (Phi) is 5.73. The van der Waals surface area contributed by atoms with Crippen LogP contribution in [0.15, 0.2) is 24.8 Å². The van der Waals surface area contributed by atoms with Crippen LogP contribution >= 0.6 is 0 Å². The number of rotatable bonds is 4. The standard InChI is InChI=1S/C22H30F2/c1-3-15-5-7-17(8-6-15)18-9-11-19(12-10-18)20-14-13-16(4-2)21(23)22(20)24/h3,13-15,17-19H,1,4-12H2,2H3. The predicted molar refractivity (Wildman–Crippen MR) is 96.1 cm³/mol. The minimum Gasteiger partial charge on any atom is -0.203 e. The first-order valence-corrected chi connectivity index (χ1v) is 9.73. The van der Waals surface area contributed by atoms with Crippen molar-refractivity contribution >= 4 is 0 Å². The Morgan fingerprint density at radius 2 is 1.50 bits per heavy atom. The van der Waals surface area contributed by atoms with Gasteiger partial charge in [-0.25, -0.2) is 8.78 Å². The molecular weight excluding hydrogens is 302 g/mol. The second-order valence-electron chi connectivity index (χ2n) is 7.82. The van der Waals surface area contributed by atoms with Gasteiger partial charge in [-0.2, -0.15) is 0 Å². The Bertz CT molecular complexity index is 562. The molecular formula is C22H30F2. The summed E-state index contributed by atoms with van der Waals surface area (Å²) in [6.45, 7) is 5.79. The largest absolute Gasteiger partial charge is 0.203 e. The van der Waals surface area contributed by atoms with Gasteiger partial charge < -0.3 is 0 Å². The monoisotopic (exact) mass is 332 g/mol. The van der Waals surface area contributed by atoms with Crippen molar-refractivity contribution in [2.24, 2.45) is 17.8 Å². The lowest BCUT2D eigenvalue weighted by Crippen LogP contribution is -2.25. The highest BCUT2D eigenvalue weighted by Crippen LogP contribution is 2.44. The minimum absolute atomic E-state index is 0.200. The van der Waals surface area contributed by atoms with Crippen molar-refractivity contribution in [3.05, 3.63) is 47.5 Å². The number of benzene rings is 1. The molecule has 2 heteroatoms. The third kappa shape index (κ3) is 3.58. The highest BCUT2D eigenvalue weighted by molar-refractivity contribution is 5.29. The van der Waals surface area contributed by atoms with Crippen LogP contribution in [0.5, 0.6) is 0 Å². The van der Waals surface area contributed by atoms with Crippen LogP contribution < -0.4 is 0 Å². The summed E-state index contributed by atoms with van der Waals surface area (Å²) >= 11 is 0. The van der Waals surface area contributed by atoms with E-state index in [0.717, 1.165) is 24.7 Å². The van der Waals surface area contributed by atoms with E-state index < -0.39 is 11.6 Å². The first-order chi connectivity index (χ1) is 11.6. The number of aryl methyl sites for hydroxylation is 1. The molecule has 0 spiro atoms. The van der Waals surface area contributed by atoms with Gasteiger partial charge in [-0.05, 0) is 92.6 Å². The summed E-state index contributed by atoms with van der Waals surface area (Å²) in [6.07, 6.45) is 12.2. The number of halogens is 2. The molecule has 0 heterocycles. The zero-order chi connectivity index (χ0) is 17.1. The van der Waals surface area contributed by atoms with Crippen LogP contribution in [0.1, 0.15) is 75.3 Å². The Morgan fingerprint density at radius 1 is 0.917 bits per heavy atom. The van der Waals surface area contributed by atoms with Crippen LogP contribution in [0, 0.1) is 29.4 Å². The van der Waals surface area contributed by atoms with E-state index in [1.807, 2.05) is 13.0 Å². The van der Waals surface area contributed by atoms with Crippen molar-refractivity contribution in [1.29, 1.82) is 0 Å². The molecule has 0 nitrogen and oxygen atoms in total. The van der Waals surface area contributed by atoms with Gasteiger partial charge in [0.1, 0.15) is 0 Å². The molecule has 0 aromatic heterocycles. The van der Waals surface area contributed by atoms with E-state index in [1.54, 1.807) is 6.07 Å². The molecule has 0 atom stereocenters. The van der Waals surface area contributed by atoms with Crippen molar-refractivity contribution < 1.29 is 8.78 Å². The van der Waals surface area contributed by atoms with Crippen molar-refractivity contribution in [1.82, 2.24) is 0 Å². The molecule has 0 N–H and O–H groups in total. The Morgan fingerprint density at radius 3 is 2.04 bits per heavy atom. The predicted octanol–water partition coefficient (Wildman–Crippen LogP) is 6.79. The molecule has 1 aromatic carbocycles. The van der Waals surface area contributed by atoms with Crippen LogP contribution in [0.2, 0.25) is 0 Å². The van der Waals surface area contributed by atoms with E-state index in [9.17, 15) is 8.78 Å². The van der Waals surface area contributed by atoms with Crippen LogP contribution in [0.4, 0.5) is 8.78 Å². The first-order valence-electron chi connectivity index (χ1n) is 9.73. The molecule has 2 aliphatic carbocycles. The molecule has 2 fully saturated rings. The van der Waals surface area contributed by atoms with Gasteiger partial charge >= 0.3 is 0 Å². The third-order valence-electron chi connectivity index (χ3n) is 6.60. The van der Waals surface area contributed by atoms with E-state index in [0.29, 0.717) is 23.5 Å². The van der Waals surface area contributed by atoms with Crippen molar-refractivity contribution in [3.8, 4) is 0 Å². The Labute approximate surface area is 145 Å². The molecule has 24 heavy (non-hydrogen) atoms. The summed E-state index contributed by atoms with van der Waals surface area (Å²) in [4.78, 5) is 0. The van der Waals surface area contributed by atoms with E-state index in [4.69, 9.17) is 0 Å². The van der Waals surface area contributed by atoms with Gasteiger partial charge in [0, 0.05) is 0 Å². The normalized spacial score (nSPS) is 31.0. The lowest BCUT2D eigenvalue weighted by molar-refractivity contribution is 0.170. The highest BCUT2D eigenvalue weighted by Gasteiger charge is 2.32. The first kappa shape index (κ1) is 17.6. The fourth-order valence-electron chi connectivity index (χ4n) is 4.95. The van der Waals surface area contributed by atoms with Gasteiger partial charge in [0.15, 0.2) is 11.6 Å². The molecule has 132 valence electrons. The van der Waals surface area contributed by atoms with E-state index in [-0.39, 0.29) is 5.92 Å². The maximum Gasteiger partial charge on any atom is 0.162 e. The third-order valence-corrected chi connectivity index (χ3v) is 6.60. The van der Waals surface area contributed by atoms with Crippen LogP contribution in [0.25, 0.3) is 0 Å². The quantitative estimate of drug-likeness (QED) is 0.532. The van der Waals surface area contributed by atoms with Gasteiger partial charge in [0.05, 0.1) is 0 Å². The summed E-state index contributed by atoms with van der Waals surface area (Å²) in [6, 6.07) is 3.61. The molecule has 1 aromatic rings. The fourth-order valence-corrected chi connectivity index (χ4v) is 4.95. The average Bonchev–Trinajstić information content (AvgIpc) is 2.64. The van der Waals surface area contributed by atoms with Gasteiger partial charge in [-0.1, -0.05) is 25.1 Å². The van der Waals surface area contributed by atoms with Crippen LogP contribution in [-0.2, 0) is 6.42 Å². The van der Waals surface area contributed by atoms with Gasteiger partial charge in [-0.3, -0.25) is 0 Å². The lowest BCUT2D eigenvalue weighted by atomic mass is 9.68. The van der Waals surface area contributed by atoms with E-state index >= 15 is 0 Å². The number of allylic oxidation sites excluding steroid dienone is 1. The van der Waals surface area contributed by atoms with E-state index in [2.05, 4.69) is 12.7 Å². The van der Waals surface area contributed by atoms with Gasteiger partial charge in [0.25, 0.3) is 0 Å². The molecule has 2 aliphatic rings. The minimum atomic E-state index is -0.625. The van der Waals surface area contributed by atoms with Gasteiger partial charge in [-0.15, -0.1) is 6.58 Å². The summed E-state index contributed by atoms with van der Waals surface area (Å²) in [5, 5.41) is 0. The molecule has 0 saturated heterocycles. The zero-order valence-electron chi connectivity index (χ0n) is 14.9. The molecule has 0 radical (unpaired) electrons. The Hall–Kier alpha value is -1.18. The Balaban J connectivity index is 1.59. The molecule has 0 aliphatic heterocycles. The summed E-state index contributed by atoms with van der Waals surface area (Å²) in [7, 11) is 0.